The monoisotopic (exact) mass is 250 g/mol. The average molecular weight is 250 g/mol. The molecule has 1 rings (SSSR count). The Bertz CT molecular complexity index is 432. The van der Waals surface area contributed by atoms with Crippen LogP contribution in [0.1, 0.15) is 30.1 Å². The Labute approximate surface area is 106 Å². The molecule has 1 atom stereocenters. The van der Waals surface area contributed by atoms with Crippen molar-refractivity contribution in [3.63, 3.8) is 0 Å². The number of rotatable bonds is 7. The maximum Gasteiger partial charge on any atom is 0.303 e. The van der Waals surface area contributed by atoms with Crippen molar-refractivity contribution in [2.24, 2.45) is 11.7 Å². The molecule has 1 aromatic rings. The summed E-state index contributed by atoms with van der Waals surface area (Å²) in [6.45, 7) is 2.57. The first-order valence-electron chi connectivity index (χ1n) is 5.85. The van der Waals surface area contributed by atoms with Crippen molar-refractivity contribution in [3.8, 4) is 0 Å². The summed E-state index contributed by atoms with van der Waals surface area (Å²) in [7, 11) is 0. The summed E-state index contributed by atoms with van der Waals surface area (Å²) >= 11 is 0. The predicted octanol–water partition coefficient (Wildman–Crippen LogP) is 1.70. The third-order valence-electron chi connectivity index (χ3n) is 2.68. The molecule has 1 amide bonds. The van der Waals surface area contributed by atoms with E-state index in [1.807, 2.05) is 13.0 Å². The zero-order chi connectivity index (χ0) is 13.5. The molecule has 0 heterocycles. The second kappa shape index (κ2) is 6.64. The Morgan fingerprint density at radius 1 is 1.39 bits per heavy atom. The molecular formula is C13H18N2O3. The third-order valence-corrected chi connectivity index (χ3v) is 2.68. The summed E-state index contributed by atoms with van der Waals surface area (Å²) in [6, 6.07) is 7.01. The Kier molecular flexibility index (Phi) is 5.17. The second-order valence-corrected chi connectivity index (χ2v) is 4.33. The van der Waals surface area contributed by atoms with Gasteiger partial charge in [0.25, 0.3) is 5.91 Å². The summed E-state index contributed by atoms with van der Waals surface area (Å²) < 4.78 is 0. The van der Waals surface area contributed by atoms with Crippen LogP contribution in [0.25, 0.3) is 0 Å². The number of amides is 1. The molecule has 5 nitrogen and oxygen atoms in total. The van der Waals surface area contributed by atoms with Gasteiger partial charge in [0.2, 0.25) is 0 Å². The van der Waals surface area contributed by atoms with E-state index in [4.69, 9.17) is 10.8 Å². The summed E-state index contributed by atoms with van der Waals surface area (Å²) in [5.41, 5.74) is 6.40. The fraction of sp³-hybridized carbons (Fsp3) is 0.385. The van der Waals surface area contributed by atoms with Crippen molar-refractivity contribution >= 4 is 17.6 Å². The number of benzene rings is 1. The maximum absolute atomic E-state index is 11.2. The number of primary amides is 1. The molecule has 0 saturated heterocycles. The molecule has 0 aromatic heterocycles. The Morgan fingerprint density at radius 2 is 2.06 bits per heavy atom. The Hall–Kier alpha value is -2.04. The number of carboxylic acid groups (broad SMARTS) is 1. The maximum atomic E-state index is 11.2. The SMILES string of the molecule is CC(CCC(=O)O)CNc1ccccc1C(N)=O. The van der Waals surface area contributed by atoms with Crippen LogP contribution in [0.15, 0.2) is 24.3 Å². The van der Waals surface area contributed by atoms with Crippen LogP contribution in [-0.2, 0) is 4.79 Å². The second-order valence-electron chi connectivity index (χ2n) is 4.33. The average Bonchev–Trinajstić information content (AvgIpc) is 2.34. The lowest BCUT2D eigenvalue weighted by molar-refractivity contribution is -0.137. The standard InChI is InChI=1S/C13H18N2O3/c1-9(6-7-12(16)17)8-15-11-5-3-2-4-10(11)13(14)18/h2-5,9,15H,6-8H2,1H3,(H2,14,18)(H,16,17). The minimum absolute atomic E-state index is 0.153. The normalized spacial score (nSPS) is 11.8. The van der Waals surface area contributed by atoms with Crippen LogP contribution in [0, 0.1) is 5.92 Å². The van der Waals surface area contributed by atoms with Crippen LogP contribution in [-0.4, -0.2) is 23.5 Å². The van der Waals surface area contributed by atoms with Crippen LogP contribution in [0.2, 0.25) is 0 Å². The Balaban J connectivity index is 2.53. The van der Waals surface area contributed by atoms with Crippen LogP contribution in [0.5, 0.6) is 0 Å². The molecule has 0 bridgehead atoms. The number of nitrogens with two attached hydrogens (primary N) is 1. The minimum Gasteiger partial charge on any atom is -0.481 e. The zero-order valence-corrected chi connectivity index (χ0v) is 10.3. The van der Waals surface area contributed by atoms with E-state index in [-0.39, 0.29) is 12.3 Å². The molecule has 0 radical (unpaired) electrons. The van der Waals surface area contributed by atoms with Crippen molar-refractivity contribution in [1.82, 2.24) is 0 Å². The van der Waals surface area contributed by atoms with E-state index >= 15 is 0 Å². The number of aliphatic carboxylic acids is 1. The van der Waals surface area contributed by atoms with Crippen molar-refractivity contribution < 1.29 is 14.7 Å². The van der Waals surface area contributed by atoms with Crippen LogP contribution < -0.4 is 11.1 Å². The minimum atomic E-state index is -0.792. The van der Waals surface area contributed by atoms with Gasteiger partial charge in [-0.05, 0) is 24.5 Å². The number of nitrogens with one attached hydrogen (secondary N) is 1. The molecule has 98 valence electrons. The molecule has 4 N–H and O–H groups in total. The van der Waals surface area contributed by atoms with Gasteiger partial charge in [-0.1, -0.05) is 19.1 Å². The van der Waals surface area contributed by atoms with Crippen LogP contribution >= 0.6 is 0 Å². The van der Waals surface area contributed by atoms with Gasteiger partial charge in [-0.15, -0.1) is 0 Å². The van der Waals surface area contributed by atoms with Crippen molar-refractivity contribution in [3.05, 3.63) is 29.8 Å². The van der Waals surface area contributed by atoms with Gasteiger partial charge in [0, 0.05) is 18.7 Å². The molecule has 0 saturated carbocycles. The first kappa shape index (κ1) is 14.0. The number of para-hydroxylation sites is 1. The number of carbonyl (C=O) groups is 2. The van der Waals surface area contributed by atoms with Crippen LogP contribution in [0.3, 0.4) is 0 Å². The summed E-state index contributed by atoms with van der Waals surface area (Å²) in [5, 5.41) is 11.7. The number of hydrogen-bond acceptors (Lipinski definition) is 3. The first-order chi connectivity index (χ1) is 8.50. The number of carbonyl (C=O) groups excluding carboxylic acids is 1. The number of anilines is 1. The highest BCUT2D eigenvalue weighted by Gasteiger charge is 2.09. The molecular weight excluding hydrogens is 232 g/mol. The highest BCUT2D eigenvalue weighted by atomic mass is 16.4. The van der Waals surface area contributed by atoms with E-state index in [9.17, 15) is 9.59 Å². The highest BCUT2D eigenvalue weighted by molar-refractivity contribution is 5.98. The fourth-order valence-electron chi connectivity index (χ4n) is 1.61. The van der Waals surface area contributed by atoms with E-state index in [2.05, 4.69) is 5.32 Å². The summed E-state index contributed by atoms with van der Waals surface area (Å²) in [6.07, 6.45) is 0.751. The molecule has 0 aliphatic heterocycles. The van der Waals surface area contributed by atoms with Crippen LogP contribution in [0.4, 0.5) is 5.69 Å². The third kappa shape index (κ3) is 4.45. The van der Waals surface area contributed by atoms with Gasteiger partial charge in [0.1, 0.15) is 0 Å². The quantitative estimate of drug-likeness (QED) is 0.686. The van der Waals surface area contributed by atoms with E-state index in [0.29, 0.717) is 24.2 Å². The van der Waals surface area contributed by atoms with Gasteiger partial charge in [-0.2, -0.15) is 0 Å². The molecule has 0 aliphatic carbocycles. The highest BCUT2D eigenvalue weighted by Crippen LogP contribution is 2.15. The van der Waals surface area contributed by atoms with Gasteiger partial charge in [0.05, 0.1) is 5.56 Å². The zero-order valence-electron chi connectivity index (χ0n) is 10.3. The van der Waals surface area contributed by atoms with E-state index in [0.717, 1.165) is 0 Å². The first-order valence-corrected chi connectivity index (χ1v) is 5.85. The molecule has 5 heteroatoms. The smallest absolute Gasteiger partial charge is 0.303 e. The summed E-state index contributed by atoms with van der Waals surface area (Å²) in [4.78, 5) is 21.6. The fourth-order valence-corrected chi connectivity index (χ4v) is 1.61. The van der Waals surface area contributed by atoms with Crippen molar-refractivity contribution in [2.75, 3.05) is 11.9 Å². The van der Waals surface area contributed by atoms with E-state index in [1.54, 1.807) is 18.2 Å². The van der Waals surface area contributed by atoms with Gasteiger partial charge in [0.15, 0.2) is 0 Å². The van der Waals surface area contributed by atoms with Gasteiger partial charge >= 0.3 is 5.97 Å². The topological polar surface area (TPSA) is 92.4 Å². The lowest BCUT2D eigenvalue weighted by Gasteiger charge is -2.14. The molecule has 1 unspecified atom stereocenters. The molecule has 0 spiro atoms. The number of carboxylic acids is 1. The van der Waals surface area contributed by atoms with Gasteiger partial charge < -0.3 is 16.2 Å². The summed E-state index contributed by atoms with van der Waals surface area (Å²) in [5.74, 6) is -1.06. The molecule has 0 fully saturated rings. The molecule has 1 aromatic carbocycles. The lowest BCUT2D eigenvalue weighted by Crippen LogP contribution is -2.17. The largest absolute Gasteiger partial charge is 0.481 e. The Morgan fingerprint density at radius 3 is 2.67 bits per heavy atom. The molecule has 18 heavy (non-hydrogen) atoms. The predicted molar refractivity (Wildman–Crippen MR) is 69.5 cm³/mol. The van der Waals surface area contributed by atoms with Crippen molar-refractivity contribution in [2.45, 2.75) is 19.8 Å². The van der Waals surface area contributed by atoms with E-state index < -0.39 is 11.9 Å². The number of hydrogen-bond donors (Lipinski definition) is 3. The van der Waals surface area contributed by atoms with Crippen molar-refractivity contribution in [1.29, 1.82) is 0 Å². The lowest BCUT2D eigenvalue weighted by atomic mass is 10.1. The van der Waals surface area contributed by atoms with E-state index in [1.165, 1.54) is 0 Å². The molecule has 0 aliphatic rings. The van der Waals surface area contributed by atoms with Gasteiger partial charge in [-0.3, -0.25) is 9.59 Å². The van der Waals surface area contributed by atoms with Gasteiger partial charge in [-0.25, -0.2) is 0 Å².